The first kappa shape index (κ1) is 51.5. The minimum absolute atomic E-state index is 0.189. The molecule has 89 heavy (non-hydrogen) atoms. The van der Waals surface area contributed by atoms with Crippen molar-refractivity contribution in [3.8, 4) is 44.5 Å². The minimum Gasteiger partial charge on any atom is -0.0779 e. The third-order valence-corrected chi connectivity index (χ3v) is 25.6. The molecule has 426 valence electrons. The summed E-state index contributed by atoms with van der Waals surface area (Å²) in [5.74, 6) is 0.189. The largest absolute Gasteiger partial charge is 0.0807 e. The maximum absolute atomic E-state index is 3.09. The van der Waals surface area contributed by atoms with Gasteiger partial charge in [-0.1, -0.05) is 284 Å². The summed E-state index contributed by atoms with van der Waals surface area (Å²) < 4.78 is -0.388. The van der Waals surface area contributed by atoms with E-state index in [9.17, 15) is 0 Å². The van der Waals surface area contributed by atoms with Crippen molar-refractivity contribution < 1.29 is 0 Å². The first-order valence-electron chi connectivity index (χ1n) is 32.8. The lowest BCUT2D eigenvalue weighted by atomic mass is 9.50. The van der Waals surface area contributed by atoms with E-state index >= 15 is 0 Å². The van der Waals surface area contributed by atoms with E-state index in [4.69, 9.17) is 0 Å². The second-order valence-corrected chi connectivity index (χ2v) is 31.1. The van der Waals surface area contributed by atoms with E-state index in [0.717, 1.165) is 25.7 Å². The molecule has 1 heteroatoms. The van der Waals surface area contributed by atoms with Crippen molar-refractivity contribution in [2.24, 2.45) is 5.92 Å². The maximum Gasteiger partial charge on any atom is 0.0807 e. The highest BCUT2D eigenvalue weighted by Gasteiger charge is 2.60. The van der Waals surface area contributed by atoms with Crippen molar-refractivity contribution in [1.82, 2.24) is 0 Å². The predicted octanol–water partition coefficient (Wildman–Crippen LogP) is 20.7. The van der Waals surface area contributed by atoms with Gasteiger partial charge in [0.15, 0.2) is 0 Å². The van der Waals surface area contributed by atoms with Crippen LogP contribution in [0.15, 0.2) is 176 Å². The van der Waals surface area contributed by atoms with Crippen LogP contribution in [0.5, 0.6) is 0 Å². The summed E-state index contributed by atoms with van der Waals surface area (Å²) in [6.07, 6.45) is 20.1. The Morgan fingerprint density at radius 3 is 1.37 bits per heavy atom. The molecular weight excluding hydrogens is 1180 g/mol. The van der Waals surface area contributed by atoms with Gasteiger partial charge in [-0.15, -0.1) is 0 Å². The quantitative estimate of drug-likeness (QED) is 0.0940. The van der Waals surface area contributed by atoms with Gasteiger partial charge < -0.3 is 0 Å². The number of hydrogen-bond acceptors (Lipinski definition) is 0. The van der Waals surface area contributed by atoms with Crippen LogP contribution in [-0.4, -0.2) is 0 Å². The molecule has 0 aliphatic heterocycles. The molecule has 0 saturated heterocycles. The highest BCUT2D eigenvalue weighted by atomic mass is 127. The van der Waals surface area contributed by atoms with Crippen LogP contribution in [0.4, 0.5) is 0 Å². The van der Waals surface area contributed by atoms with E-state index in [2.05, 4.69) is 284 Å². The summed E-state index contributed by atoms with van der Waals surface area (Å²) in [5, 5.41) is 24.9. The predicted molar refractivity (Wildman–Crippen MR) is 389 cm³/mol. The third kappa shape index (κ3) is 5.97. The Morgan fingerprint density at radius 2 is 0.753 bits per heavy atom. The molecule has 7 aliphatic carbocycles. The Balaban J connectivity index is 0.943. The van der Waals surface area contributed by atoms with Crippen molar-refractivity contribution in [3.63, 3.8) is 0 Å². The average molecular weight is 1250 g/mol. The molecule has 0 bridgehead atoms. The number of alkyl halides is 1. The van der Waals surface area contributed by atoms with E-state index in [0.29, 0.717) is 0 Å². The molecule has 0 amide bonds. The minimum atomic E-state index is -0.388. The number of halogens is 1. The van der Waals surface area contributed by atoms with Crippen LogP contribution in [-0.2, 0) is 25.1 Å². The lowest BCUT2D eigenvalue weighted by Gasteiger charge is -2.57. The molecule has 0 aromatic heterocycles. The summed E-state index contributed by atoms with van der Waals surface area (Å²) >= 11 is 3.09. The van der Waals surface area contributed by atoms with E-state index in [1.807, 2.05) is 0 Å². The molecule has 7 aliphatic rings. The molecule has 2 unspecified atom stereocenters. The first-order chi connectivity index (χ1) is 43.1. The SMILES string of the molecule is CC1(C)c2ccc3c(-c4cccc5ccccc45)c4c(c5c3c2C2(I)c3c(c(-c6c7c(c8c9c%10c(ccc69)C(C)(C)c6c9ccccc9c(-c9cccc%11ccccc9%11)c9ccc(c-%10c69)C8(C)C)=CCCC=7)c6ccccc6c31)C=CC2C5(C)C)=CCCC=4. The number of allylic oxidation sites excluding steroid dienone is 1. The van der Waals surface area contributed by atoms with Gasteiger partial charge in [-0.2, -0.15) is 0 Å². The number of fused-ring (bicyclic) bond motifs is 10. The Morgan fingerprint density at radius 1 is 0.315 bits per heavy atom. The number of benzene rings is 13. The lowest BCUT2D eigenvalue weighted by molar-refractivity contribution is 0.319. The molecule has 2 atom stereocenters. The zero-order valence-corrected chi connectivity index (χ0v) is 54.1. The third-order valence-electron chi connectivity index (χ3n) is 23.8. The Hall–Kier alpha value is -8.37. The molecule has 0 fully saturated rings. The second kappa shape index (κ2) is 16.9. The lowest BCUT2D eigenvalue weighted by Crippen LogP contribution is -2.54. The van der Waals surface area contributed by atoms with E-state index in [1.165, 1.54) is 185 Å². The Bertz CT molecular complexity index is 5920. The van der Waals surface area contributed by atoms with Gasteiger partial charge in [-0.25, -0.2) is 0 Å². The summed E-state index contributed by atoms with van der Waals surface area (Å²) in [4.78, 5) is 0. The fourth-order valence-electron chi connectivity index (χ4n) is 20.4. The molecule has 0 saturated carbocycles. The van der Waals surface area contributed by atoms with Crippen molar-refractivity contribution >= 4 is 128 Å². The van der Waals surface area contributed by atoms with E-state index in [-0.39, 0.29) is 31.0 Å². The molecule has 20 rings (SSSR count). The van der Waals surface area contributed by atoms with Gasteiger partial charge in [0, 0.05) is 22.2 Å². The van der Waals surface area contributed by atoms with Crippen LogP contribution < -0.4 is 20.9 Å². The molecule has 0 heterocycles. The average Bonchev–Trinajstić information content (AvgIpc) is 0.658. The molecule has 13 aromatic rings. The fraction of sp³-hybridized carbons (Fsp3) is 0.205. The monoisotopic (exact) mass is 1250 g/mol. The van der Waals surface area contributed by atoms with Gasteiger partial charge in [-0.3, -0.25) is 0 Å². The van der Waals surface area contributed by atoms with Crippen molar-refractivity contribution in [1.29, 1.82) is 0 Å². The van der Waals surface area contributed by atoms with Crippen molar-refractivity contribution in [2.45, 2.75) is 106 Å². The summed E-state index contributed by atoms with van der Waals surface area (Å²) in [6, 6.07) is 66.5. The summed E-state index contributed by atoms with van der Waals surface area (Å²) in [7, 11) is 0. The number of hydrogen-bond donors (Lipinski definition) is 0. The van der Waals surface area contributed by atoms with Gasteiger partial charge in [0.25, 0.3) is 0 Å². The Labute approximate surface area is 533 Å². The molecule has 0 radical (unpaired) electrons. The van der Waals surface area contributed by atoms with E-state index in [1.54, 1.807) is 11.1 Å². The van der Waals surface area contributed by atoms with Crippen LogP contribution in [0.25, 0.3) is 150 Å². The van der Waals surface area contributed by atoms with Crippen LogP contribution in [0.3, 0.4) is 0 Å². The topological polar surface area (TPSA) is 0 Å². The second-order valence-electron chi connectivity index (χ2n) is 29.4. The standard InChI is InChI=1S/C88H67I/c1-84(2)66-44-40-63-71(55-31-15-19-35-59(55)79-74(63)77(66)76-65(85(79,3)4)43-39-61-69(51-37-21-25-47-23-9-11-27-49(47)51)53-29-13-17-33-57(53)78(84)73(61)76)72-56-32-16-20-36-60(56)81-82-64(72)42-46-68-87(7,8)80-58-34-18-14-30-54(58)70(52-38-22-26-48-24-10-12-28-50(48)52)62-41-45-67(86(81,5)6)83(75(62)80)88(68,82)89/h9-13,16-17,20-46,68H,14-15,18-19H2,1-8H3. The highest BCUT2D eigenvalue weighted by Crippen LogP contribution is 2.70. The van der Waals surface area contributed by atoms with Crippen molar-refractivity contribution in [3.05, 3.63) is 252 Å². The summed E-state index contributed by atoms with van der Waals surface area (Å²) in [5.41, 5.74) is 24.8. The molecule has 0 N–H and O–H groups in total. The molecule has 0 spiro atoms. The van der Waals surface area contributed by atoms with Crippen LogP contribution in [0.1, 0.15) is 137 Å². The molecule has 13 aromatic carbocycles. The zero-order valence-electron chi connectivity index (χ0n) is 51.9. The maximum atomic E-state index is 3.09. The smallest absolute Gasteiger partial charge is 0.0779 e. The number of rotatable bonds is 3. The van der Waals surface area contributed by atoms with E-state index < -0.39 is 0 Å². The molecular formula is C88H67I. The highest BCUT2D eigenvalue weighted by molar-refractivity contribution is 14.1. The van der Waals surface area contributed by atoms with Gasteiger partial charge in [-0.05, 0) is 228 Å². The van der Waals surface area contributed by atoms with Crippen LogP contribution in [0.2, 0.25) is 0 Å². The first-order valence-corrected chi connectivity index (χ1v) is 33.9. The Kier molecular flexibility index (Phi) is 9.79. The van der Waals surface area contributed by atoms with Crippen LogP contribution >= 0.6 is 22.6 Å². The normalized spacial score (nSPS) is 19.9. The summed E-state index contributed by atoms with van der Waals surface area (Å²) in [6.45, 7) is 20.6. The molecule has 0 nitrogen and oxygen atoms in total. The van der Waals surface area contributed by atoms with Gasteiger partial charge >= 0.3 is 0 Å². The van der Waals surface area contributed by atoms with Gasteiger partial charge in [0.2, 0.25) is 0 Å². The van der Waals surface area contributed by atoms with Crippen molar-refractivity contribution in [2.75, 3.05) is 0 Å². The van der Waals surface area contributed by atoms with Gasteiger partial charge in [0.1, 0.15) is 0 Å². The zero-order chi connectivity index (χ0) is 59.7. The fourth-order valence-corrected chi connectivity index (χ4v) is 22.5. The van der Waals surface area contributed by atoms with Crippen LogP contribution in [0, 0.1) is 5.92 Å². The van der Waals surface area contributed by atoms with Gasteiger partial charge in [0.05, 0.1) is 3.42 Å².